The molecule has 1 N–H and O–H groups in total. The summed E-state index contributed by atoms with van der Waals surface area (Å²) in [4.78, 5) is 10.0. The van der Waals surface area contributed by atoms with Crippen LogP contribution in [0.4, 0.5) is 5.69 Å². The number of rotatable bonds is 6. The molecular formula is C11H15N3OS. The fraction of sp³-hybridized carbons (Fsp3) is 0.364. The molecule has 1 aromatic rings. The van der Waals surface area contributed by atoms with Gasteiger partial charge in [-0.25, -0.2) is 0 Å². The van der Waals surface area contributed by atoms with Crippen LogP contribution in [0.2, 0.25) is 0 Å². The molecule has 86 valence electrons. The van der Waals surface area contributed by atoms with E-state index in [1.807, 2.05) is 12.1 Å². The minimum absolute atomic E-state index is 0.576. The van der Waals surface area contributed by atoms with Crippen molar-refractivity contribution in [3.63, 3.8) is 0 Å². The van der Waals surface area contributed by atoms with Crippen molar-refractivity contribution in [2.24, 2.45) is 9.63 Å². The van der Waals surface area contributed by atoms with Crippen LogP contribution in [0, 0.1) is 0 Å². The highest BCUT2D eigenvalue weighted by molar-refractivity contribution is 7.96. The number of carbonyl (C=O) groups excluding carboxylic acids is 1. The van der Waals surface area contributed by atoms with Gasteiger partial charge in [0.2, 0.25) is 6.41 Å². The molecular weight excluding hydrogens is 222 g/mol. The molecule has 16 heavy (non-hydrogen) atoms. The molecule has 0 radical (unpaired) electrons. The molecule has 0 heterocycles. The Labute approximate surface area is 99.8 Å². The smallest absolute Gasteiger partial charge is 0.218 e. The van der Waals surface area contributed by atoms with Crippen molar-refractivity contribution >= 4 is 24.2 Å². The first-order valence-electron chi connectivity index (χ1n) is 5.20. The van der Waals surface area contributed by atoms with Gasteiger partial charge in [0.1, 0.15) is 12.1 Å². The van der Waals surface area contributed by atoms with E-state index >= 15 is 0 Å². The van der Waals surface area contributed by atoms with E-state index in [-0.39, 0.29) is 0 Å². The molecule has 0 unspecified atom stereocenters. The molecule has 0 fully saturated rings. The van der Waals surface area contributed by atoms with E-state index in [1.165, 1.54) is 11.1 Å². The Balaban J connectivity index is 2.86. The molecule has 0 saturated carbocycles. The third-order valence-corrected chi connectivity index (χ3v) is 2.64. The lowest BCUT2D eigenvalue weighted by molar-refractivity contribution is -0.107. The molecule has 1 rings (SSSR count). The first kappa shape index (κ1) is 12.7. The van der Waals surface area contributed by atoms with Gasteiger partial charge in [-0.05, 0) is 30.0 Å². The van der Waals surface area contributed by atoms with Gasteiger partial charge in [-0.3, -0.25) is 9.52 Å². The maximum atomic E-state index is 10.0. The van der Waals surface area contributed by atoms with Gasteiger partial charge in [0.15, 0.2) is 0 Å². The summed E-state index contributed by atoms with van der Waals surface area (Å²) < 4.78 is 6.17. The molecule has 1 aromatic carbocycles. The van der Waals surface area contributed by atoms with Crippen LogP contribution in [0.15, 0.2) is 27.8 Å². The van der Waals surface area contributed by atoms with Crippen LogP contribution in [-0.4, -0.2) is 6.41 Å². The lowest BCUT2D eigenvalue weighted by Gasteiger charge is -2.07. The summed E-state index contributed by atoms with van der Waals surface area (Å²) in [6.07, 6.45) is 2.50. The predicted molar refractivity (Wildman–Crippen MR) is 66.5 cm³/mol. The van der Waals surface area contributed by atoms with Crippen molar-refractivity contribution in [1.82, 2.24) is 4.72 Å². The molecule has 0 aliphatic rings. The summed E-state index contributed by atoms with van der Waals surface area (Å²) in [6.45, 7) is 4.22. The molecule has 1 amide bonds. The van der Waals surface area contributed by atoms with E-state index in [9.17, 15) is 4.79 Å². The fourth-order valence-corrected chi connectivity index (χ4v) is 1.78. The molecule has 0 atom stereocenters. The Hall–Kier alpha value is -1.36. The normalized spacial score (nSPS) is 10.6. The van der Waals surface area contributed by atoms with E-state index in [1.54, 1.807) is 0 Å². The maximum absolute atomic E-state index is 10.0. The monoisotopic (exact) mass is 237 g/mol. The fourth-order valence-electron chi connectivity index (χ4n) is 1.56. The lowest BCUT2D eigenvalue weighted by atomic mass is 10.0. The second kappa shape index (κ2) is 7.00. The Morgan fingerprint density at radius 2 is 2.19 bits per heavy atom. The summed E-state index contributed by atoms with van der Waals surface area (Å²) in [5.74, 6) is 0. The quantitative estimate of drug-likeness (QED) is 0.357. The van der Waals surface area contributed by atoms with E-state index in [2.05, 4.69) is 34.3 Å². The summed E-state index contributed by atoms with van der Waals surface area (Å²) >= 11 is 0.921. The zero-order valence-corrected chi connectivity index (χ0v) is 10.3. The Morgan fingerprint density at radius 1 is 1.38 bits per heavy atom. The van der Waals surface area contributed by atoms with Crippen LogP contribution in [0.25, 0.3) is 0 Å². The van der Waals surface area contributed by atoms with Crippen molar-refractivity contribution in [1.29, 1.82) is 0 Å². The largest absolute Gasteiger partial charge is 0.282 e. The molecule has 0 spiro atoms. The predicted octanol–water partition coefficient (Wildman–Crippen LogP) is 3.20. The average molecular weight is 237 g/mol. The molecule has 0 saturated heterocycles. The van der Waals surface area contributed by atoms with Crippen molar-refractivity contribution in [2.45, 2.75) is 26.7 Å². The van der Waals surface area contributed by atoms with Gasteiger partial charge < -0.3 is 0 Å². The van der Waals surface area contributed by atoms with Crippen LogP contribution in [0.5, 0.6) is 0 Å². The summed E-state index contributed by atoms with van der Waals surface area (Å²) in [5.41, 5.74) is 3.40. The van der Waals surface area contributed by atoms with E-state index in [4.69, 9.17) is 0 Å². The molecule has 0 aromatic heterocycles. The molecule has 0 bridgehead atoms. The third kappa shape index (κ3) is 3.34. The van der Waals surface area contributed by atoms with Crippen LogP contribution in [0.1, 0.15) is 25.0 Å². The molecule has 0 aliphatic heterocycles. The third-order valence-electron chi connectivity index (χ3n) is 2.27. The van der Waals surface area contributed by atoms with E-state index in [0.29, 0.717) is 6.41 Å². The number of carbonyl (C=O) groups is 1. The minimum Gasteiger partial charge on any atom is -0.282 e. The van der Waals surface area contributed by atoms with Gasteiger partial charge in [-0.15, -0.1) is 5.11 Å². The SMILES string of the molecule is CCc1cccc(N=NSNC=O)c1CC. The standard InChI is InChI=1S/C11H15N3OS/c1-3-9-6-5-7-11(10(9)4-2)13-14-16-12-8-15/h5-8H,3-4H2,1-2H3,(H,12,15). The minimum atomic E-state index is 0.576. The first-order valence-corrected chi connectivity index (χ1v) is 5.97. The maximum Gasteiger partial charge on any atom is 0.218 e. The second-order valence-corrected chi connectivity index (χ2v) is 3.71. The van der Waals surface area contributed by atoms with Gasteiger partial charge in [0, 0.05) is 0 Å². The number of aryl methyl sites for hydroxylation is 1. The van der Waals surface area contributed by atoms with Crippen molar-refractivity contribution in [3.05, 3.63) is 29.3 Å². The molecule has 5 heteroatoms. The second-order valence-electron chi connectivity index (χ2n) is 3.13. The van der Waals surface area contributed by atoms with Crippen LogP contribution < -0.4 is 4.72 Å². The Kier molecular flexibility index (Phi) is 5.56. The number of amides is 1. The van der Waals surface area contributed by atoms with Gasteiger partial charge in [0.25, 0.3) is 0 Å². The highest BCUT2D eigenvalue weighted by Gasteiger charge is 2.04. The topological polar surface area (TPSA) is 53.8 Å². The van der Waals surface area contributed by atoms with Crippen molar-refractivity contribution < 1.29 is 4.79 Å². The van der Waals surface area contributed by atoms with Gasteiger partial charge in [-0.2, -0.15) is 0 Å². The molecule has 0 aliphatic carbocycles. The zero-order valence-electron chi connectivity index (χ0n) is 9.43. The Morgan fingerprint density at radius 3 is 2.81 bits per heavy atom. The van der Waals surface area contributed by atoms with Crippen molar-refractivity contribution in [3.8, 4) is 0 Å². The highest BCUT2D eigenvalue weighted by Crippen LogP contribution is 2.25. The number of benzene rings is 1. The number of nitrogens with one attached hydrogen (secondary N) is 1. The van der Waals surface area contributed by atoms with Gasteiger partial charge in [-0.1, -0.05) is 30.5 Å². The molecule has 4 nitrogen and oxygen atoms in total. The number of hydrogen-bond acceptors (Lipinski definition) is 4. The zero-order chi connectivity index (χ0) is 11.8. The summed E-state index contributed by atoms with van der Waals surface area (Å²) in [7, 11) is 0. The lowest BCUT2D eigenvalue weighted by Crippen LogP contribution is -1.94. The van der Waals surface area contributed by atoms with E-state index < -0.39 is 0 Å². The van der Waals surface area contributed by atoms with Gasteiger partial charge in [0.05, 0.1) is 5.69 Å². The van der Waals surface area contributed by atoms with Crippen LogP contribution in [0.3, 0.4) is 0 Å². The first-order chi connectivity index (χ1) is 7.83. The summed E-state index contributed by atoms with van der Waals surface area (Å²) in [6, 6.07) is 6.02. The van der Waals surface area contributed by atoms with Crippen LogP contribution in [-0.2, 0) is 17.6 Å². The number of nitrogens with zero attached hydrogens (tertiary/aromatic N) is 2. The average Bonchev–Trinajstić information content (AvgIpc) is 2.34. The Bertz CT molecular complexity index is 379. The highest BCUT2D eigenvalue weighted by atomic mass is 32.2. The van der Waals surface area contributed by atoms with Gasteiger partial charge >= 0.3 is 0 Å². The summed E-state index contributed by atoms with van der Waals surface area (Å²) in [5, 5.41) is 4.09. The van der Waals surface area contributed by atoms with Crippen LogP contribution >= 0.6 is 12.1 Å². The van der Waals surface area contributed by atoms with E-state index in [0.717, 1.165) is 30.7 Å². The van der Waals surface area contributed by atoms with Crippen molar-refractivity contribution in [2.75, 3.05) is 0 Å². The number of hydrogen-bond donors (Lipinski definition) is 1.